The molecule has 1 saturated heterocycles. The fourth-order valence-electron chi connectivity index (χ4n) is 4.41. The van der Waals surface area contributed by atoms with Crippen molar-refractivity contribution in [3.05, 3.63) is 53.7 Å². The maximum atomic E-state index is 12.8. The summed E-state index contributed by atoms with van der Waals surface area (Å²) in [7, 11) is -3.52. The minimum atomic E-state index is -3.52. The molecule has 1 amide bonds. The number of aromatic amines is 1. The number of pyridine rings is 1. The van der Waals surface area contributed by atoms with Gasteiger partial charge in [-0.1, -0.05) is 25.5 Å². The molecule has 0 saturated carbocycles. The molecular weight excluding hydrogens is 424 g/mol. The number of aromatic nitrogens is 2. The Balaban J connectivity index is 1.53. The van der Waals surface area contributed by atoms with Crippen LogP contribution in [0.3, 0.4) is 0 Å². The second-order valence-corrected chi connectivity index (χ2v) is 10.5. The third-order valence-corrected chi connectivity index (χ3v) is 7.33. The number of nitrogens with one attached hydrogen (secondary N) is 2. The minimum Gasteiger partial charge on any atom is -0.360 e. The molecule has 0 spiro atoms. The van der Waals surface area contributed by atoms with Crippen molar-refractivity contribution in [1.82, 2.24) is 14.9 Å². The summed E-state index contributed by atoms with van der Waals surface area (Å²) < 4.78 is 24.1. The number of benzene rings is 1. The third kappa shape index (κ3) is 4.86. The van der Waals surface area contributed by atoms with Crippen LogP contribution in [0.2, 0.25) is 0 Å². The molecule has 2 N–H and O–H groups in total. The van der Waals surface area contributed by atoms with Gasteiger partial charge in [-0.25, -0.2) is 13.4 Å². The van der Waals surface area contributed by atoms with Gasteiger partial charge >= 0.3 is 0 Å². The number of carbonyl (C=O) groups excluding carboxylic acids is 1. The number of carbonyl (C=O) groups is 1. The highest BCUT2D eigenvalue weighted by Gasteiger charge is 2.24. The summed E-state index contributed by atoms with van der Waals surface area (Å²) in [5.74, 6) is 0.359. The molecule has 4 rings (SSSR count). The second-order valence-electron chi connectivity index (χ2n) is 8.53. The quantitative estimate of drug-likeness (QED) is 0.558. The lowest BCUT2D eigenvalue weighted by Gasteiger charge is -2.31. The number of sulfone groups is 1. The van der Waals surface area contributed by atoms with Crippen LogP contribution in [0.5, 0.6) is 0 Å². The summed E-state index contributed by atoms with van der Waals surface area (Å²) in [6.07, 6.45) is 7.78. The van der Waals surface area contributed by atoms with Crippen molar-refractivity contribution in [3.63, 3.8) is 0 Å². The molecule has 0 unspecified atom stereocenters. The Morgan fingerprint density at radius 1 is 1.19 bits per heavy atom. The number of rotatable bonds is 7. The first-order chi connectivity index (χ1) is 15.4. The van der Waals surface area contributed by atoms with Crippen LogP contribution >= 0.6 is 0 Å². The van der Waals surface area contributed by atoms with E-state index in [1.807, 2.05) is 12.3 Å². The first-order valence-electron chi connectivity index (χ1n) is 11.2. The Morgan fingerprint density at radius 3 is 2.66 bits per heavy atom. The summed E-state index contributed by atoms with van der Waals surface area (Å²) in [5, 5.41) is 2.78. The van der Waals surface area contributed by atoms with Crippen LogP contribution in [0.15, 0.2) is 47.5 Å². The Bertz CT molecular complexity index is 1210. The number of unbranched alkanes of at least 4 members (excludes halogenated alkanes) is 1. The Kier molecular flexibility index (Phi) is 6.62. The van der Waals surface area contributed by atoms with E-state index in [4.69, 9.17) is 4.98 Å². The van der Waals surface area contributed by atoms with Crippen molar-refractivity contribution < 1.29 is 13.2 Å². The SMILES string of the molecule is CCCCN1CCC(c2c[nH]c3ccc(NC(=O)c4ccccc4S(C)(=O)=O)nc23)CC1. The van der Waals surface area contributed by atoms with Crippen molar-refractivity contribution in [3.8, 4) is 0 Å². The molecule has 1 aliphatic rings. The molecule has 0 bridgehead atoms. The fourth-order valence-corrected chi connectivity index (χ4v) is 5.30. The van der Waals surface area contributed by atoms with Gasteiger partial charge in [-0.2, -0.15) is 0 Å². The van der Waals surface area contributed by atoms with Gasteiger partial charge in [0.05, 0.1) is 21.5 Å². The van der Waals surface area contributed by atoms with Crippen molar-refractivity contribution in [1.29, 1.82) is 0 Å². The van der Waals surface area contributed by atoms with E-state index in [0.29, 0.717) is 11.7 Å². The van der Waals surface area contributed by atoms with Crippen LogP contribution in [0.25, 0.3) is 11.0 Å². The van der Waals surface area contributed by atoms with Gasteiger partial charge in [-0.15, -0.1) is 0 Å². The van der Waals surface area contributed by atoms with Crippen molar-refractivity contribution in [2.24, 2.45) is 0 Å². The van der Waals surface area contributed by atoms with E-state index in [1.165, 1.54) is 37.1 Å². The zero-order chi connectivity index (χ0) is 22.7. The fraction of sp³-hybridized carbons (Fsp3) is 0.417. The van der Waals surface area contributed by atoms with Gasteiger partial charge in [0.2, 0.25) is 0 Å². The summed E-state index contributed by atoms with van der Waals surface area (Å²) >= 11 is 0. The maximum Gasteiger partial charge on any atom is 0.258 e. The molecule has 1 fully saturated rings. The van der Waals surface area contributed by atoms with Gasteiger partial charge in [0.15, 0.2) is 9.84 Å². The molecule has 1 aromatic carbocycles. The van der Waals surface area contributed by atoms with Gasteiger partial charge < -0.3 is 15.2 Å². The molecule has 1 aliphatic heterocycles. The largest absolute Gasteiger partial charge is 0.360 e. The zero-order valence-electron chi connectivity index (χ0n) is 18.6. The molecule has 8 heteroatoms. The standard InChI is InChI=1S/C24H30N4O3S/c1-3-4-13-28-14-11-17(12-15-28)19-16-25-20-9-10-22(26-23(19)20)27-24(29)18-7-5-6-8-21(18)32(2,30)31/h5-10,16-17,25H,3-4,11-15H2,1-2H3,(H,26,27,29). The number of hydrogen-bond donors (Lipinski definition) is 2. The molecule has 0 aliphatic carbocycles. The molecule has 32 heavy (non-hydrogen) atoms. The first kappa shape index (κ1) is 22.5. The number of anilines is 1. The molecular formula is C24H30N4O3S. The van der Waals surface area contributed by atoms with E-state index in [-0.39, 0.29) is 10.5 Å². The lowest BCUT2D eigenvalue weighted by atomic mass is 9.90. The monoisotopic (exact) mass is 454 g/mol. The van der Waals surface area contributed by atoms with Gasteiger partial charge in [-0.3, -0.25) is 4.79 Å². The van der Waals surface area contributed by atoms with Crippen molar-refractivity contribution in [2.45, 2.75) is 43.4 Å². The number of H-pyrrole nitrogens is 1. The van der Waals surface area contributed by atoms with Crippen LogP contribution in [-0.2, 0) is 9.84 Å². The zero-order valence-corrected chi connectivity index (χ0v) is 19.4. The van der Waals surface area contributed by atoms with E-state index in [9.17, 15) is 13.2 Å². The Hall–Kier alpha value is -2.71. The maximum absolute atomic E-state index is 12.8. The molecule has 0 radical (unpaired) electrons. The van der Waals surface area contributed by atoms with E-state index in [1.54, 1.807) is 18.2 Å². The smallest absolute Gasteiger partial charge is 0.258 e. The summed E-state index contributed by atoms with van der Waals surface area (Å²) in [4.78, 5) is 23.4. The topological polar surface area (TPSA) is 95.2 Å². The number of piperidine rings is 1. The molecule has 3 heterocycles. The molecule has 3 aromatic rings. The normalized spacial score (nSPS) is 15.8. The molecule has 170 valence electrons. The van der Waals surface area contributed by atoms with Crippen molar-refractivity contribution >= 4 is 32.6 Å². The first-order valence-corrected chi connectivity index (χ1v) is 13.1. The number of likely N-dealkylation sites (tertiary alicyclic amines) is 1. The Morgan fingerprint density at radius 2 is 1.94 bits per heavy atom. The highest BCUT2D eigenvalue weighted by atomic mass is 32.2. The number of hydrogen-bond acceptors (Lipinski definition) is 5. The predicted molar refractivity (Wildman–Crippen MR) is 127 cm³/mol. The highest BCUT2D eigenvalue weighted by Crippen LogP contribution is 2.33. The van der Waals surface area contributed by atoms with Gasteiger partial charge in [0, 0.05) is 12.5 Å². The lowest BCUT2D eigenvalue weighted by Crippen LogP contribution is -2.33. The summed E-state index contributed by atoms with van der Waals surface area (Å²) in [6.45, 7) is 5.58. The van der Waals surface area contributed by atoms with Crippen LogP contribution in [0.1, 0.15) is 54.4 Å². The van der Waals surface area contributed by atoms with E-state index >= 15 is 0 Å². The van der Waals surface area contributed by atoms with Gasteiger partial charge in [0.1, 0.15) is 5.82 Å². The molecule has 7 nitrogen and oxygen atoms in total. The lowest BCUT2D eigenvalue weighted by molar-refractivity contribution is 0.102. The van der Waals surface area contributed by atoms with Gasteiger partial charge in [-0.05, 0) is 74.6 Å². The Labute approximate surface area is 189 Å². The van der Waals surface area contributed by atoms with Crippen LogP contribution in [0.4, 0.5) is 5.82 Å². The highest BCUT2D eigenvalue weighted by molar-refractivity contribution is 7.90. The minimum absolute atomic E-state index is 0.00995. The number of amides is 1. The van der Waals surface area contributed by atoms with E-state index < -0.39 is 15.7 Å². The average Bonchev–Trinajstić information content (AvgIpc) is 3.20. The van der Waals surface area contributed by atoms with E-state index in [0.717, 1.165) is 43.2 Å². The summed E-state index contributed by atoms with van der Waals surface area (Å²) in [6, 6.07) is 9.85. The predicted octanol–water partition coefficient (Wildman–Crippen LogP) is 4.20. The molecule has 0 atom stereocenters. The van der Waals surface area contributed by atoms with Crippen molar-refractivity contribution in [2.75, 3.05) is 31.2 Å². The third-order valence-electron chi connectivity index (χ3n) is 6.18. The van der Waals surface area contributed by atoms with Crippen LogP contribution in [0, 0.1) is 0 Å². The summed E-state index contributed by atoms with van der Waals surface area (Å²) in [5.41, 5.74) is 3.10. The van der Waals surface area contributed by atoms with Crippen LogP contribution < -0.4 is 5.32 Å². The van der Waals surface area contributed by atoms with Gasteiger partial charge in [0.25, 0.3) is 5.91 Å². The van der Waals surface area contributed by atoms with E-state index in [2.05, 4.69) is 22.1 Å². The average molecular weight is 455 g/mol. The number of fused-ring (bicyclic) bond motifs is 1. The van der Waals surface area contributed by atoms with Crippen LogP contribution in [-0.4, -0.2) is 55.1 Å². The number of nitrogens with zero attached hydrogens (tertiary/aromatic N) is 2. The molecule has 2 aromatic heterocycles. The second kappa shape index (κ2) is 9.42.